The van der Waals surface area contributed by atoms with Crippen LogP contribution in [0.3, 0.4) is 0 Å². The van der Waals surface area contributed by atoms with Gasteiger partial charge in [0.2, 0.25) is 11.8 Å². The number of aromatic amines is 1. The smallest absolute Gasteiger partial charge is 0.239 e. The lowest BCUT2D eigenvalue weighted by Crippen LogP contribution is -2.46. The van der Waals surface area contributed by atoms with Gasteiger partial charge in [0.05, 0.1) is 18.4 Å². The number of carbonyl (C=O) groups excluding carboxylic acids is 2. The zero-order valence-corrected chi connectivity index (χ0v) is 14.4. The first kappa shape index (κ1) is 16.9. The van der Waals surface area contributed by atoms with Crippen LogP contribution >= 0.6 is 0 Å². The van der Waals surface area contributed by atoms with E-state index in [4.69, 9.17) is 0 Å². The molecule has 3 rings (SSSR count). The summed E-state index contributed by atoms with van der Waals surface area (Å²) in [5.74, 6) is 0.912. The molecule has 0 aliphatic carbocycles. The Bertz CT molecular complexity index is 573. The molecule has 0 radical (unpaired) electrons. The molecular weight excluding hydrogens is 308 g/mol. The molecule has 2 atom stereocenters. The van der Waals surface area contributed by atoms with Crippen molar-refractivity contribution >= 4 is 11.8 Å². The van der Waals surface area contributed by atoms with Gasteiger partial charge >= 0.3 is 0 Å². The van der Waals surface area contributed by atoms with Gasteiger partial charge < -0.3 is 10.2 Å². The van der Waals surface area contributed by atoms with Crippen LogP contribution in [-0.4, -0.2) is 69.2 Å². The van der Waals surface area contributed by atoms with Crippen molar-refractivity contribution in [3.63, 3.8) is 0 Å². The van der Waals surface area contributed by atoms with E-state index in [1.165, 1.54) is 0 Å². The molecule has 24 heavy (non-hydrogen) atoms. The normalized spacial score (nSPS) is 25.0. The molecule has 0 aromatic carbocycles. The van der Waals surface area contributed by atoms with Gasteiger partial charge in [-0.1, -0.05) is 13.8 Å². The van der Waals surface area contributed by atoms with Crippen molar-refractivity contribution in [1.29, 1.82) is 0 Å². The number of rotatable bonds is 6. The number of H-pyrrole nitrogens is 1. The Morgan fingerprint density at radius 1 is 1.46 bits per heavy atom. The lowest BCUT2D eigenvalue weighted by atomic mass is 9.91. The molecule has 1 aromatic rings. The second-order valence-corrected chi connectivity index (χ2v) is 7.16. The van der Waals surface area contributed by atoms with Gasteiger partial charge in [-0.15, -0.1) is 0 Å². The number of hydrogen-bond acceptors (Lipinski definition) is 5. The van der Waals surface area contributed by atoms with Crippen LogP contribution in [0.15, 0.2) is 6.20 Å². The molecule has 0 unspecified atom stereocenters. The van der Waals surface area contributed by atoms with Crippen LogP contribution < -0.4 is 5.32 Å². The number of likely N-dealkylation sites (tertiary alicyclic amines) is 2. The summed E-state index contributed by atoms with van der Waals surface area (Å²) in [6.07, 6.45) is 3.15. The summed E-state index contributed by atoms with van der Waals surface area (Å²) in [6, 6.07) is 0.113. The monoisotopic (exact) mass is 334 g/mol. The molecule has 2 N–H and O–H groups in total. The zero-order valence-electron chi connectivity index (χ0n) is 14.4. The van der Waals surface area contributed by atoms with Crippen LogP contribution in [0.1, 0.15) is 32.4 Å². The third kappa shape index (κ3) is 3.92. The average molecular weight is 334 g/mol. The van der Waals surface area contributed by atoms with Crippen molar-refractivity contribution in [2.24, 2.45) is 11.8 Å². The summed E-state index contributed by atoms with van der Waals surface area (Å²) in [5.41, 5.74) is 0.909. The lowest BCUT2D eigenvalue weighted by molar-refractivity contribution is -0.133. The van der Waals surface area contributed by atoms with E-state index in [2.05, 4.69) is 39.5 Å². The van der Waals surface area contributed by atoms with Gasteiger partial charge in [0.15, 0.2) is 0 Å². The maximum absolute atomic E-state index is 12.3. The summed E-state index contributed by atoms with van der Waals surface area (Å²) in [6.45, 7) is 7.72. The van der Waals surface area contributed by atoms with Crippen molar-refractivity contribution in [1.82, 2.24) is 30.5 Å². The number of carbonyl (C=O) groups is 2. The van der Waals surface area contributed by atoms with E-state index in [0.29, 0.717) is 24.8 Å². The van der Waals surface area contributed by atoms with Crippen LogP contribution in [0.2, 0.25) is 0 Å². The number of nitrogens with zero attached hydrogens (tertiary/aromatic N) is 4. The molecule has 1 aromatic heterocycles. The van der Waals surface area contributed by atoms with Crippen LogP contribution in [-0.2, 0) is 16.1 Å². The van der Waals surface area contributed by atoms with Gasteiger partial charge in [0.1, 0.15) is 0 Å². The molecular formula is C16H26N6O2. The standard InChI is InChI=1S/C16H26N6O2/c1-11(2)13-8-21(7-12-6-17-20-19-12)9-14(13)18-15(23)10-22-5-3-4-16(22)24/h6,11,13-14H,3-5,7-10H2,1-2H3,(H,18,23)(H,17,19,20)/t13-,14+/m0/s1. The molecule has 0 saturated carbocycles. The molecule has 2 aliphatic rings. The molecule has 8 nitrogen and oxygen atoms in total. The van der Waals surface area contributed by atoms with Crippen molar-refractivity contribution in [3.8, 4) is 0 Å². The highest BCUT2D eigenvalue weighted by Crippen LogP contribution is 2.25. The SMILES string of the molecule is CC(C)[C@@H]1CN(Cc2cn[nH]n2)C[C@H]1NC(=O)CN1CCCC1=O. The Labute approximate surface area is 142 Å². The van der Waals surface area contributed by atoms with Crippen molar-refractivity contribution in [3.05, 3.63) is 11.9 Å². The summed E-state index contributed by atoms with van der Waals surface area (Å²) < 4.78 is 0. The second-order valence-electron chi connectivity index (χ2n) is 7.16. The van der Waals surface area contributed by atoms with E-state index < -0.39 is 0 Å². The fraction of sp³-hybridized carbons (Fsp3) is 0.750. The topological polar surface area (TPSA) is 94.2 Å². The van der Waals surface area contributed by atoms with Crippen molar-refractivity contribution in [2.75, 3.05) is 26.2 Å². The van der Waals surface area contributed by atoms with Gasteiger partial charge in [-0.05, 0) is 18.3 Å². The summed E-state index contributed by atoms with van der Waals surface area (Å²) >= 11 is 0. The Morgan fingerprint density at radius 2 is 2.29 bits per heavy atom. The van der Waals surface area contributed by atoms with Gasteiger partial charge in [-0.3, -0.25) is 14.5 Å². The Morgan fingerprint density at radius 3 is 2.92 bits per heavy atom. The Hall–Kier alpha value is -1.96. The minimum Gasteiger partial charge on any atom is -0.350 e. The largest absolute Gasteiger partial charge is 0.350 e. The Balaban J connectivity index is 1.56. The van der Waals surface area contributed by atoms with Crippen molar-refractivity contribution in [2.45, 2.75) is 39.3 Å². The quantitative estimate of drug-likeness (QED) is 0.764. The molecule has 2 saturated heterocycles. The molecule has 0 spiro atoms. The highest BCUT2D eigenvalue weighted by Gasteiger charge is 2.36. The predicted molar refractivity (Wildman–Crippen MR) is 87.7 cm³/mol. The first-order valence-electron chi connectivity index (χ1n) is 8.67. The number of nitrogens with one attached hydrogen (secondary N) is 2. The van der Waals surface area contributed by atoms with Crippen LogP contribution in [0.5, 0.6) is 0 Å². The second kappa shape index (κ2) is 7.29. The lowest BCUT2D eigenvalue weighted by Gasteiger charge is -2.24. The number of hydrogen-bond donors (Lipinski definition) is 2. The third-order valence-corrected chi connectivity index (χ3v) is 5.00. The first-order valence-corrected chi connectivity index (χ1v) is 8.67. The van der Waals surface area contributed by atoms with Crippen LogP contribution in [0.4, 0.5) is 0 Å². The van der Waals surface area contributed by atoms with E-state index >= 15 is 0 Å². The highest BCUT2D eigenvalue weighted by atomic mass is 16.2. The van der Waals surface area contributed by atoms with Crippen molar-refractivity contribution < 1.29 is 9.59 Å². The van der Waals surface area contributed by atoms with E-state index in [9.17, 15) is 9.59 Å². The minimum absolute atomic E-state index is 0.0517. The van der Waals surface area contributed by atoms with Crippen LogP contribution in [0, 0.1) is 11.8 Å². The van der Waals surface area contributed by atoms with Gasteiger partial charge in [0, 0.05) is 38.6 Å². The fourth-order valence-corrected chi connectivity index (χ4v) is 3.70. The average Bonchev–Trinajstić information content (AvgIpc) is 3.23. The zero-order chi connectivity index (χ0) is 17.1. The van der Waals surface area contributed by atoms with E-state index in [1.54, 1.807) is 11.1 Å². The predicted octanol–water partition coefficient (Wildman–Crippen LogP) is -0.000300. The molecule has 2 fully saturated rings. The molecule has 3 heterocycles. The van der Waals surface area contributed by atoms with Gasteiger partial charge in [-0.2, -0.15) is 15.4 Å². The van der Waals surface area contributed by atoms with Gasteiger partial charge in [0.25, 0.3) is 0 Å². The summed E-state index contributed by atoms with van der Waals surface area (Å²) in [4.78, 5) is 28.0. The van der Waals surface area contributed by atoms with E-state index in [0.717, 1.165) is 31.7 Å². The molecule has 8 heteroatoms. The molecule has 132 valence electrons. The fourth-order valence-electron chi connectivity index (χ4n) is 3.70. The molecule has 2 aliphatic heterocycles. The van der Waals surface area contributed by atoms with E-state index in [-0.39, 0.29) is 24.4 Å². The van der Waals surface area contributed by atoms with Crippen LogP contribution in [0.25, 0.3) is 0 Å². The third-order valence-electron chi connectivity index (χ3n) is 5.00. The summed E-state index contributed by atoms with van der Waals surface area (Å²) in [7, 11) is 0. The maximum atomic E-state index is 12.3. The Kier molecular flexibility index (Phi) is 5.13. The number of aromatic nitrogens is 3. The first-order chi connectivity index (χ1) is 11.5. The molecule has 2 amide bonds. The van der Waals surface area contributed by atoms with Gasteiger partial charge in [-0.25, -0.2) is 0 Å². The maximum Gasteiger partial charge on any atom is 0.239 e. The number of amides is 2. The molecule has 0 bridgehead atoms. The summed E-state index contributed by atoms with van der Waals surface area (Å²) in [5, 5.41) is 13.7. The highest BCUT2D eigenvalue weighted by molar-refractivity contribution is 5.86. The van der Waals surface area contributed by atoms with E-state index in [1.807, 2.05) is 0 Å². The minimum atomic E-state index is -0.0517.